The van der Waals surface area contributed by atoms with Crippen molar-refractivity contribution in [3.8, 4) is 34.9 Å². The third kappa shape index (κ3) is 12.5. The predicted octanol–water partition coefficient (Wildman–Crippen LogP) is 6.22. The standard InChI is InChI=1S/2C22H26ClF2N7O5S/c2*1-12(17(35-2)18-26-8-14(23)9-27-18)38(33,34)10-15-30-31-19(13-5-6-22(24,25)7-13)32(15)16-20(36-3)28-11-29-21(16)37-4/h2*8-9,11-13,17H,5-7,10H2,1-4H3/t12-,13+,17-;12-,13-,17-/m00/s1. The molecule has 0 unspecified atom stereocenters. The normalized spacial score (nSPS) is 18.8. The molecule has 0 spiro atoms. The Labute approximate surface area is 443 Å². The molecule has 0 saturated heterocycles. The van der Waals surface area contributed by atoms with Crippen LogP contribution in [0.1, 0.15) is 111 Å². The molecule has 6 atom stereocenters. The van der Waals surface area contributed by atoms with Crippen LogP contribution in [0.25, 0.3) is 11.4 Å². The van der Waals surface area contributed by atoms with Gasteiger partial charge in [-0.15, -0.1) is 20.4 Å². The van der Waals surface area contributed by atoms with Gasteiger partial charge in [-0.05, 0) is 26.7 Å². The van der Waals surface area contributed by atoms with Crippen LogP contribution in [0.2, 0.25) is 10.0 Å². The average molecular weight is 1150 g/mol. The molecule has 76 heavy (non-hydrogen) atoms. The first kappa shape index (κ1) is 57.6. The Hall–Kier alpha value is -6.08. The van der Waals surface area contributed by atoms with Gasteiger partial charge >= 0.3 is 0 Å². The third-order valence-electron chi connectivity index (χ3n) is 12.7. The topological polar surface area (TPSA) is 288 Å². The summed E-state index contributed by atoms with van der Waals surface area (Å²) in [5.74, 6) is -7.89. The molecule has 0 bridgehead atoms. The van der Waals surface area contributed by atoms with Crippen molar-refractivity contribution < 1.29 is 62.8 Å². The molecule has 32 heteroatoms. The molecule has 6 aromatic heterocycles. The van der Waals surface area contributed by atoms with E-state index in [1.807, 2.05) is 0 Å². The molecule has 6 heterocycles. The van der Waals surface area contributed by atoms with Crippen LogP contribution in [-0.2, 0) is 40.7 Å². The van der Waals surface area contributed by atoms with Gasteiger partial charge in [-0.1, -0.05) is 23.2 Å². The molecular weight excluding hydrogens is 1100 g/mol. The maximum atomic E-state index is 14.1. The lowest BCUT2D eigenvalue weighted by Crippen LogP contribution is -2.30. The molecule has 0 aromatic carbocycles. The predicted molar refractivity (Wildman–Crippen MR) is 261 cm³/mol. The van der Waals surface area contributed by atoms with Gasteiger partial charge in [-0.2, -0.15) is 19.9 Å². The maximum Gasteiger partial charge on any atom is 0.248 e. The van der Waals surface area contributed by atoms with Crippen LogP contribution in [0.4, 0.5) is 17.6 Å². The van der Waals surface area contributed by atoms with Gasteiger partial charge in [0.25, 0.3) is 0 Å². The minimum Gasteiger partial charge on any atom is -0.479 e. The van der Waals surface area contributed by atoms with Crippen molar-refractivity contribution in [2.24, 2.45) is 0 Å². The number of hydrogen-bond acceptors (Lipinski definition) is 22. The Morgan fingerprint density at radius 3 is 1.13 bits per heavy atom. The van der Waals surface area contributed by atoms with E-state index in [9.17, 15) is 34.4 Å². The highest BCUT2D eigenvalue weighted by Crippen LogP contribution is 2.47. The zero-order valence-corrected chi connectivity index (χ0v) is 45.2. The SMILES string of the molecule is COc1ncnc(OC)c1-n1c(CS(=O)(=O)[C@@H](C)[C@H](OC)c2ncc(Cl)cn2)nnc1[C@@H]1CCC(F)(F)C1.COc1ncnc(OC)c1-n1c(CS(=O)(=O)[C@@H](C)[C@H](OC)c2ncc(Cl)cn2)nnc1[C@H]1CCC(F)(F)C1. The van der Waals surface area contributed by atoms with E-state index in [4.69, 9.17) is 51.6 Å². The largest absolute Gasteiger partial charge is 0.479 e. The minimum absolute atomic E-state index is 0.0266. The summed E-state index contributed by atoms with van der Waals surface area (Å²) in [5.41, 5.74) is 0.213. The second-order valence-electron chi connectivity index (χ2n) is 17.5. The highest BCUT2D eigenvalue weighted by atomic mass is 35.5. The summed E-state index contributed by atoms with van der Waals surface area (Å²) in [4.78, 5) is 32.7. The van der Waals surface area contributed by atoms with Crippen LogP contribution in [0, 0.1) is 0 Å². The van der Waals surface area contributed by atoms with Crippen molar-refractivity contribution in [2.75, 3.05) is 42.7 Å². The van der Waals surface area contributed by atoms with Crippen molar-refractivity contribution in [2.45, 2.75) is 110 Å². The molecule has 2 saturated carbocycles. The summed E-state index contributed by atoms with van der Waals surface area (Å²) in [6.45, 7) is 2.90. The molecule has 0 radical (unpaired) electrons. The fraction of sp³-hybridized carbons (Fsp3) is 0.545. The van der Waals surface area contributed by atoms with Crippen molar-refractivity contribution >= 4 is 42.9 Å². The van der Waals surface area contributed by atoms with E-state index in [0.29, 0.717) is 0 Å². The number of rotatable bonds is 20. The number of ether oxygens (including phenoxy) is 6. The first-order valence-electron chi connectivity index (χ1n) is 23.0. The molecule has 8 rings (SSSR count). The minimum atomic E-state index is -4.02. The number of sulfone groups is 2. The number of halogens is 6. The Balaban J connectivity index is 0.000000221. The summed E-state index contributed by atoms with van der Waals surface area (Å²) in [5, 5.41) is 14.8. The van der Waals surface area contributed by atoms with Crippen LogP contribution < -0.4 is 18.9 Å². The number of nitrogens with zero attached hydrogens (tertiary/aromatic N) is 14. The molecular formula is C44H52Cl2F4N14O10S2. The Kier molecular flexibility index (Phi) is 17.9. The quantitative estimate of drug-likeness (QED) is 0.0766. The summed E-state index contributed by atoms with van der Waals surface area (Å²) in [6, 6.07) is 0. The van der Waals surface area contributed by atoms with Crippen LogP contribution in [0.15, 0.2) is 37.4 Å². The monoisotopic (exact) mass is 1150 g/mol. The van der Waals surface area contributed by atoms with E-state index in [2.05, 4.69) is 60.3 Å². The van der Waals surface area contributed by atoms with E-state index in [0.717, 1.165) is 0 Å². The molecule has 0 aliphatic heterocycles. The number of aromatic nitrogens is 14. The zero-order valence-electron chi connectivity index (χ0n) is 42.0. The molecule has 2 aliphatic carbocycles. The van der Waals surface area contributed by atoms with E-state index >= 15 is 0 Å². The number of alkyl halides is 4. The van der Waals surface area contributed by atoms with Gasteiger partial charge in [-0.3, -0.25) is 9.13 Å². The van der Waals surface area contributed by atoms with Gasteiger partial charge in [0.1, 0.15) is 48.0 Å². The highest BCUT2D eigenvalue weighted by Gasteiger charge is 2.45. The van der Waals surface area contributed by atoms with Crippen LogP contribution >= 0.6 is 23.2 Å². The van der Waals surface area contributed by atoms with Gasteiger partial charge in [0.05, 0.1) is 49.0 Å². The summed E-state index contributed by atoms with van der Waals surface area (Å²) >= 11 is 11.7. The summed E-state index contributed by atoms with van der Waals surface area (Å²) in [6.07, 6.45) is 4.37. The molecule has 412 valence electrons. The lowest BCUT2D eigenvalue weighted by molar-refractivity contribution is 0.00679. The van der Waals surface area contributed by atoms with E-state index < -0.39 is 90.4 Å². The van der Waals surface area contributed by atoms with Gasteiger partial charge in [-0.25, -0.2) is 54.3 Å². The van der Waals surface area contributed by atoms with Crippen LogP contribution in [0.5, 0.6) is 23.5 Å². The highest BCUT2D eigenvalue weighted by molar-refractivity contribution is 7.91. The lowest BCUT2D eigenvalue weighted by atomic mass is 10.1. The fourth-order valence-corrected chi connectivity index (χ4v) is 11.9. The van der Waals surface area contributed by atoms with Gasteiger partial charge in [0.2, 0.25) is 35.4 Å². The van der Waals surface area contributed by atoms with Gasteiger partial charge in [0, 0.05) is 76.5 Å². The molecule has 0 N–H and O–H groups in total. The average Bonchev–Trinajstić information content (AvgIpc) is 4.21. The van der Waals surface area contributed by atoms with Crippen LogP contribution in [-0.4, -0.2) is 151 Å². The van der Waals surface area contributed by atoms with Crippen molar-refractivity contribution in [3.63, 3.8) is 0 Å². The fourth-order valence-electron chi connectivity index (χ4n) is 8.83. The number of hydrogen-bond donors (Lipinski definition) is 0. The van der Waals surface area contributed by atoms with E-state index in [-0.39, 0.29) is 106 Å². The van der Waals surface area contributed by atoms with Gasteiger partial charge < -0.3 is 28.4 Å². The Bertz CT molecular complexity index is 2950. The summed E-state index contributed by atoms with van der Waals surface area (Å²) in [7, 11) is 0.0606. The molecule has 0 amide bonds. The van der Waals surface area contributed by atoms with Crippen molar-refractivity contribution in [3.05, 3.63) is 82.4 Å². The molecule has 2 aliphatic rings. The summed E-state index contributed by atoms with van der Waals surface area (Å²) < 4.78 is 146. The second kappa shape index (κ2) is 23.7. The molecule has 6 aromatic rings. The Morgan fingerprint density at radius 1 is 0.553 bits per heavy atom. The third-order valence-corrected chi connectivity index (χ3v) is 17.2. The molecule has 2 fully saturated rings. The Morgan fingerprint density at radius 2 is 0.868 bits per heavy atom. The first-order valence-corrected chi connectivity index (χ1v) is 27.1. The second-order valence-corrected chi connectivity index (χ2v) is 23.1. The molecule has 24 nitrogen and oxygen atoms in total. The first-order chi connectivity index (χ1) is 36.0. The smallest absolute Gasteiger partial charge is 0.248 e. The van der Waals surface area contributed by atoms with E-state index in [1.54, 1.807) is 0 Å². The van der Waals surface area contributed by atoms with Gasteiger partial charge in [0.15, 0.2) is 54.3 Å². The lowest BCUT2D eigenvalue weighted by Gasteiger charge is -2.22. The maximum absolute atomic E-state index is 14.1. The van der Waals surface area contributed by atoms with Crippen LogP contribution in [0.3, 0.4) is 0 Å². The number of methoxy groups -OCH3 is 6. The van der Waals surface area contributed by atoms with Crippen molar-refractivity contribution in [1.82, 2.24) is 69.4 Å². The zero-order chi connectivity index (χ0) is 55.3. The van der Waals surface area contributed by atoms with E-state index in [1.165, 1.54) is 103 Å². The van der Waals surface area contributed by atoms with Crippen molar-refractivity contribution in [1.29, 1.82) is 0 Å².